The third-order valence-electron chi connectivity index (χ3n) is 6.80. The van der Waals surface area contributed by atoms with Gasteiger partial charge in [-0.25, -0.2) is 9.78 Å². The Hall–Kier alpha value is -1.62. The van der Waals surface area contributed by atoms with Crippen LogP contribution in [0.4, 0.5) is 0 Å². The summed E-state index contributed by atoms with van der Waals surface area (Å²) in [5.41, 5.74) is 0.639. The van der Waals surface area contributed by atoms with Gasteiger partial charge in [-0.05, 0) is 70.3 Å². The summed E-state index contributed by atoms with van der Waals surface area (Å²) in [5, 5.41) is 0.342. The van der Waals surface area contributed by atoms with Gasteiger partial charge < -0.3 is 43.4 Å². The van der Waals surface area contributed by atoms with Crippen LogP contribution in [0.1, 0.15) is 64.7 Å². The van der Waals surface area contributed by atoms with Crippen molar-refractivity contribution in [3.05, 3.63) is 64.6 Å². The summed E-state index contributed by atoms with van der Waals surface area (Å²) >= 11 is 0. The van der Waals surface area contributed by atoms with Crippen molar-refractivity contribution in [2.24, 2.45) is 5.92 Å². The van der Waals surface area contributed by atoms with Crippen LogP contribution in [-0.4, -0.2) is 63.5 Å². The quantitative estimate of drug-likeness (QED) is 0.264. The zero-order valence-electron chi connectivity index (χ0n) is 22.8. The normalized spacial score (nSPS) is 16.7. The van der Waals surface area contributed by atoms with E-state index in [0.29, 0.717) is 11.0 Å². The Labute approximate surface area is 253 Å². The number of carbonyl (C=O) groups is 1. The molecule has 2 fully saturated rings. The average molecular weight is 572 g/mol. The van der Waals surface area contributed by atoms with Crippen molar-refractivity contribution >= 4 is 52.6 Å². The monoisotopic (exact) mass is 570 g/mol. The molecule has 1 saturated carbocycles. The number of carbonyl (C=O) groups excluding carboxylic acids is 1. The maximum absolute atomic E-state index is 12.9. The van der Waals surface area contributed by atoms with E-state index in [1.165, 1.54) is 19.0 Å². The van der Waals surface area contributed by atoms with E-state index in [4.69, 9.17) is 14.0 Å². The van der Waals surface area contributed by atoms with Crippen molar-refractivity contribution in [2.45, 2.75) is 65.6 Å². The summed E-state index contributed by atoms with van der Waals surface area (Å²) in [6.07, 6.45) is 6.07. The second-order valence-corrected chi connectivity index (χ2v) is 10.2. The van der Waals surface area contributed by atoms with Crippen LogP contribution in [0.5, 0.6) is 0 Å². The largest absolute Gasteiger partial charge is 2.00 e. The van der Waals surface area contributed by atoms with Crippen LogP contribution in [0, 0.1) is 5.92 Å². The van der Waals surface area contributed by atoms with Crippen molar-refractivity contribution < 1.29 is 43.7 Å². The van der Waals surface area contributed by atoms with E-state index in [-0.39, 0.29) is 60.0 Å². The predicted molar refractivity (Wildman–Crippen MR) is 143 cm³/mol. The molecule has 2 aliphatic rings. The molecule has 0 N–H and O–H groups in total. The van der Waals surface area contributed by atoms with Crippen molar-refractivity contribution in [3.63, 3.8) is 0 Å². The molecule has 0 amide bonds. The van der Waals surface area contributed by atoms with E-state index in [1.54, 1.807) is 29.8 Å². The minimum atomic E-state index is -0.658. The van der Waals surface area contributed by atoms with Gasteiger partial charge in [-0.2, -0.15) is 0 Å². The van der Waals surface area contributed by atoms with E-state index in [1.807, 2.05) is 52.0 Å². The number of fused-ring (bicyclic) bond motifs is 1. The molecule has 2 aromatic heterocycles. The van der Waals surface area contributed by atoms with E-state index in [9.17, 15) is 9.59 Å². The Bertz CT molecular complexity index is 1300. The number of ether oxygens (including phenoxy) is 1. The average Bonchev–Trinajstić information content (AvgIpc) is 3.57. The van der Waals surface area contributed by atoms with Gasteiger partial charge in [-0.1, -0.05) is 31.9 Å². The number of halogens is 2. The SMILES string of the molecule is CC1CC1.CCOC(=O)c1cn(-c2cccc(B3OC(C)(C)C(C)(C)O3)c2)c2ncccc2c1=O.[Cl-].[Cl-].[Mg+2]. The van der Waals surface area contributed by atoms with E-state index < -0.39 is 29.7 Å². The van der Waals surface area contributed by atoms with Gasteiger partial charge >= 0.3 is 36.1 Å². The molecule has 200 valence electrons. The predicted octanol–water partition coefficient (Wildman–Crippen LogP) is -2.09. The maximum atomic E-state index is 12.9. The van der Waals surface area contributed by atoms with Gasteiger partial charge in [0.05, 0.1) is 23.2 Å². The zero-order chi connectivity index (χ0) is 25.4. The topological polar surface area (TPSA) is 79.7 Å². The molecule has 0 bridgehead atoms. The number of benzene rings is 1. The van der Waals surface area contributed by atoms with Gasteiger partial charge in [0.2, 0.25) is 5.43 Å². The van der Waals surface area contributed by atoms with Crippen LogP contribution in [0.25, 0.3) is 16.7 Å². The number of pyridine rings is 2. The van der Waals surface area contributed by atoms with Crippen LogP contribution >= 0.6 is 0 Å². The van der Waals surface area contributed by atoms with Gasteiger partial charge in [-0.3, -0.25) is 4.79 Å². The van der Waals surface area contributed by atoms with Crippen LogP contribution in [-0.2, 0) is 14.0 Å². The molecule has 0 unspecified atom stereocenters. The minimum Gasteiger partial charge on any atom is -1.00 e. The smallest absolute Gasteiger partial charge is 1.00 e. The number of nitrogens with zero attached hydrogens (tertiary/aromatic N) is 2. The van der Waals surface area contributed by atoms with Gasteiger partial charge in [-0.15, -0.1) is 0 Å². The molecule has 11 heteroatoms. The second-order valence-electron chi connectivity index (χ2n) is 10.2. The molecule has 5 rings (SSSR count). The van der Waals surface area contributed by atoms with Gasteiger partial charge in [0.15, 0.2) is 0 Å². The fraction of sp³-hybridized carbons (Fsp3) is 0.444. The number of hydrogen-bond acceptors (Lipinski definition) is 6. The Balaban J connectivity index is 0.000000945. The fourth-order valence-corrected chi connectivity index (χ4v) is 3.68. The number of hydrogen-bond donors (Lipinski definition) is 0. The van der Waals surface area contributed by atoms with Crippen molar-refractivity contribution in [1.82, 2.24) is 9.55 Å². The van der Waals surface area contributed by atoms with Crippen LogP contribution < -0.4 is 35.7 Å². The van der Waals surface area contributed by atoms with E-state index in [0.717, 1.165) is 17.1 Å². The Morgan fingerprint density at radius 1 is 1.11 bits per heavy atom. The molecule has 0 atom stereocenters. The molecule has 1 aliphatic carbocycles. The molecule has 38 heavy (non-hydrogen) atoms. The fourth-order valence-electron chi connectivity index (χ4n) is 3.68. The van der Waals surface area contributed by atoms with Crippen molar-refractivity contribution in [3.8, 4) is 5.69 Å². The maximum Gasteiger partial charge on any atom is 2.00 e. The molecule has 7 nitrogen and oxygen atoms in total. The standard InChI is InChI=1S/C23H25BN2O5.C4H8.2ClH.Mg/c1-6-29-21(28)18-14-26(20-17(19(18)27)11-8-12-25-20)16-10-7-9-15(13-16)24-30-22(2,3)23(4,5)31-24;1-4-2-3-4;;;/h7-14H,6H2,1-5H3;4H,2-3H2,1H3;2*1H;/q;;;;+2/p-2. The first-order valence-corrected chi connectivity index (χ1v) is 12.2. The molecule has 1 aliphatic heterocycles. The summed E-state index contributed by atoms with van der Waals surface area (Å²) in [4.78, 5) is 29.7. The number of rotatable bonds is 4. The molecule has 1 saturated heterocycles. The van der Waals surface area contributed by atoms with Gasteiger partial charge in [0, 0.05) is 18.1 Å². The molecular weight excluding hydrogens is 538 g/mol. The second kappa shape index (κ2) is 13.6. The van der Waals surface area contributed by atoms with E-state index in [2.05, 4.69) is 11.9 Å². The third kappa shape index (κ3) is 7.31. The summed E-state index contributed by atoms with van der Waals surface area (Å²) in [6, 6.07) is 10.9. The first-order valence-electron chi connectivity index (χ1n) is 12.2. The number of aromatic nitrogens is 2. The molecule has 3 heterocycles. The summed E-state index contributed by atoms with van der Waals surface area (Å²) < 4.78 is 19.1. The van der Waals surface area contributed by atoms with Crippen molar-refractivity contribution in [2.75, 3.05) is 6.61 Å². The Morgan fingerprint density at radius 3 is 2.26 bits per heavy atom. The summed E-state index contributed by atoms with van der Waals surface area (Å²) in [5.74, 6) is 0.425. The molecule has 0 spiro atoms. The van der Waals surface area contributed by atoms with Gasteiger partial charge in [0.25, 0.3) is 0 Å². The molecular formula is C27H33BCl2MgN2O5. The summed E-state index contributed by atoms with van der Waals surface area (Å²) in [7, 11) is -0.534. The number of esters is 1. The first kappa shape index (κ1) is 34.4. The third-order valence-corrected chi connectivity index (χ3v) is 6.80. The Morgan fingerprint density at radius 2 is 1.71 bits per heavy atom. The zero-order valence-corrected chi connectivity index (χ0v) is 25.7. The molecule has 0 radical (unpaired) electrons. The molecule has 3 aromatic rings. The summed E-state index contributed by atoms with van der Waals surface area (Å²) in [6.45, 7) is 12.2. The minimum absolute atomic E-state index is 0. The first-order chi connectivity index (χ1) is 16.5. The van der Waals surface area contributed by atoms with Crippen LogP contribution in [0.3, 0.4) is 0 Å². The Kier molecular flexibility index (Phi) is 12.3. The van der Waals surface area contributed by atoms with Gasteiger partial charge in [0.1, 0.15) is 11.2 Å². The molecule has 1 aromatic carbocycles. The van der Waals surface area contributed by atoms with E-state index >= 15 is 0 Å². The van der Waals surface area contributed by atoms with Crippen LogP contribution in [0.2, 0.25) is 0 Å². The van der Waals surface area contributed by atoms with Crippen molar-refractivity contribution in [1.29, 1.82) is 0 Å². The van der Waals surface area contributed by atoms with Crippen LogP contribution in [0.15, 0.2) is 53.6 Å².